The van der Waals surface area contributed by atoms with Crippen molar-refractivity contribution < 1.29 is 4.79 Å². The molecule has 4 heteroatoms. The molecule has 0 atom stereocenters. The van der Waals surface area contributed by atoms with Crippen molar-refractivity contribution in [3.8, 4) is 0 Å². The maximum atomic E-state index is 10.4. The molecule has 2 aromatic rings. The maximum Gasteiger partial charge on any atom is 0.211 e. The fraction of sp³-hybridized carbons (Fsp3) is 0.375. The molecule has 0 saturated heterocycles. The van der Waals surface area contributed by atoms with E-state index in [1.807, 2.05) is 62.7 Å². The highest BCUT2D eigenvalue weighted by atomic mass is 16.1. The molecular weight excluding hydrogens is 250 g/mol. The van der Waals surface area contributed by atoms with Crippen molar-refractivity contribution in [3.05, 3.63) is 48.5 Å². The first-order valence-electron chi connectivity index (χ1n) is 7.14. The standard InChI is InChI=1S/C12H13N3O.2C2H6/c16-10-14-12-4-2-1-3-11(12)5-7-15-8-6-13-9-15;2*1-2/h1-4,6,8-10H,5,7H2,(H,14,16);2*1-2H3. The summed E-state index contributed by atoms with van der Waals surface area (Å²) in [4.78, 5) is 14.4. The normalized spacial score (nSPS) is 8.60. The zero-order chi connectivity index (χ0) is 15.2. The monoisotopic (exact) mass is 275 g/mol. The Kier molecular flexibility index (Phi) is 10.7. The van der Waals surface area contributed by atoms with Crippen LogP contribution in [0.1, 0.15) is 33.3 Å². The van der Waals surface area contributed by atoms with Crippen molar-refractivity contribution in [2.24, 2.45) is 0 Å². The average molecular weight is 275 g/mol. The number of hydrogen-bond acceptors (Lipinski definition) is 2. The lowest BCUT2D eigenvalue weighted by molar-refractivity contribution is -0.105. The van der Waals surface area contributed by atoms with E-state index in [1.165, 1.54) is 0 Å². The van der Waals surface area contributed by atoms with Gasteiger partial charge in [0.1, 0.15) is 0 Å². The number of carbonyl (C=O) groups is 1. The molecule has 1 amide bonds. The van der Waals surface area contributed by atoms with Gasteiger partial charge in [-0.3, -0.25) is 4.79 Å². The molecule has 4 nitrogen and oxygen atoms in total. The maximum absolute atomic E-state index is 10.4. The van der Waals surface area contributed by atoms with Crippen LogP contribution in [0.5, 0.6) is 0 Å². The van der Waals surface area contributed by atoms with Crippen molar-refractivity contribution in [1.82, 2.24) is 9.55 Å². The molecule has 0 saturated carbocycles. The second kappa shape index (κ2) is 12.0. The van der Waals surface area contributed by atoms with Gasteiger partial charge in [0.15, 0.2) is 0 Å². The molecule has 0 fully saturated rings. The van der Waals surface area contributed by atoms with Crippen LogP contribution in [0.15, 0.2) is 43.0 Å². The van der Waals surface area contributed by atoms with Crippen LogP contribution in [-0.2, 0) is 17.8 Å². The van der Waals surface area contributed by atoms with E-state index in [0.29, 0.717) is 6.41 Å². The van der Waals surface area contributed by atoms with Gasteiger partial charge in [0.05, 0.1) is 6.33 Å². The van der Waals surface area contributed by atoms with E-state index in [-0.39, 0.29) is 0 Å². The Labute approximate surface area is 121 Å². The Morgan fingerprint density at radius 1 is 1.20 bits per heavy atom. The number of aryl methyl sites for hydroxylation is 2. The molecule has 0 unspecified atom stereocenters. The summed E-state index contributed by atoms with van der Waals surface area (Å²) in [7, 11) is 0. The van der Waals surface area contributed by atoms with Crippen LogP contribution in [0.3, 0.4) is 0 Å². The van der Waals surface area contributed by atoms with Crippen LogP contribution in [0, 0.1) is 0 Å². The summed E-state index contributed by atoms with van der Waals surface area (Å²) < 4.78 is 2.01. The second-order valence-corrected chi connectivity index (χ2v) is 3.47. The molecular formula is C16H25N3O. The summed E-state index contributed by atoms with van der Waals surface area (Å²) in [5.41, 5.74) is 2.00. The quantitative estimate of drug-likeness (QED) is 0.845. The molecule has 0 aliphatic carbocycles. The largest absolute Gasteiger partial charge is 0.337 e. The first-order chi connectivity index (χ1) is 9.90. The van der Waals surface area contributed by atoms with Crippen molar-refractivity contribution >= 4 is 12.1 Å². The number of benzene rings is 1. The van der Waals surface area contributed by atoms with Gasteiger partial charge in [0.2, 0.25) is 6.41 Å². The van der Waals surface area contributed by atoms with Gasteiger partial charge in [-0.25, -0.2) is 4.98 Å². The van der Waals surface area contributed by atoms with Gasteiger partial charge in [-0.05, 0) is 18.1 Å². The minimum atomic E-state index is 0.704. The molecule has 0 radical (unpaired) electrons. The highest BCUT2D eigenvalue weighted by Crippen LogP contribution is 2.15. The van der Waals surface area contributed by atoms with E-state index in [9.17, 15) is 4.79 Å². The van der Waals surface area contributed by atoms with Gasteiger partial charge in [-0.15, -0.1) is 0 Å². The number of nitrogens with one attached hydrogen (secondary N) is 1. The van der Waals surface area contributed by atoms with Crippen LogP contribution in [0.25, 0.3) is 0 Å². The third-order valence-electron chi connectivity index (χ3n) is 2.43. The number of imidazole rings is 1. The topological polar surface area (TPSA) is 46.9 Å². The summed E-state index contributed by atoms with van der Waals surface area (Å²) in [5, 5.41) is 2.70. The summed E-state index contributed by atoms with van der Waals surface area (Å²) in [6.07, 6.45) is 7.05. The van der Waals surface area contributed by atoms with Crippen LogP contribution in [-0.4, -0.2) is 16.0 Å². The van der Waals surface area contributed by atoms with E-state index in [2.05, 4.69) is 10.3 Å². The van der Waals surface area contributed by atoms with Crippen molar-refractivity contribution in [1.29, 1.82) is 0 Å². The van der Waals surface area contributed by atoms with Crippen molar-refractivity contribution in [3.63, 3.8) is 0 Å². The van der Waals surface area contributed by atoms with Crippen LogP contribution >= 0.6 is 0 Å². The van der Waals surface area contributed by atoms with E-state index in [4.69, 9.17) is 0 Å². The number of anilines is 1. The number of nitrogens with zero attached hydrogens (tertiary/aromatic N) is 2. The molecule has 110 valence electrons. The fourth-order valence-corrected chi connectivity index (χ4v) is 1.61. The molecule has 0 aliphatic rings. The molecule has 20 heavy (non-hydrogen) atoms. The lowest BCUT2D eigenvalue weighted by Crippen LogP contribution is -2.03. The van der Waals surface area contributed by atoms with Crippen LogP contribution in [0.4, 0.5) is 5.69 Å². The Morgan fingerprint density at radius 3 is 2.50 bits per heavy atom. The van der Waals surface area contributed by atoms with Gasteiger partial charge in [0, 0.05) is 24.6 Å². The minimum absolute atomic E-state index is 0.704. The summed E-state index contributed by atoms with van der Waals surface area (Å²) in [5.74, 6) is 0. The number of carbonyl (C=O) groups excluding carboxylic acids is 1. The number of rotatable bonds is 5. The fourth-order valence-electron chi connectivity index (χ4n) is 1.61. The first kappa shape index (κ1) is 17.9. The molecule has 1 N–H and O–H groups in total. The molecule has 2 rings (SSSR count). The molecule has 1 aromatic carbocycles. The Bertz CT molecular complexity index is 453. The summed E-state index contributed by atoms with van der Waals surface area (Å²) in [6, 6.07) is 7.80. The molecule has 0 spiro atoms. The highest BCUT2D eigenvalue weighted by Gasteiger charge is 2.00. The minimum Gasteiger partial charge on any atom is -0.337 e. The molecule has 1 aromatic heterocycles. The van der Waals surface area contributed by atoms with Gasteiger partial charge in [-0.2, -0.15) is 0 Å². The van der Waals surface area contributed by atoms with E-state index in [0.717, 1.165) is 24.2 Å². The smallest absolute Gasteiger partial charge is 0.211 e. The van der Waals surface area contributed by atoms with Crippen molar-refractivity contribution in [2.45, 2.75) is 40.7 Å². The third-order valence-corrected chi connectivity index (χ3v) is 2.43. The van der Waals surface area contributed by atoms with Crippen LogP contribution in [0.2, 0.25) is 0 Å². The van der Waals surface area contributed by atoms with Crippen molar-refractivity contribution in [2.75, 3.05) is 5.32 Å². The number of hydrogen-bond donors (Lipinski definition) is 1. The Hall–Kier alpha value is -2.10. The lowest BCUT2D eigenvalue weighted by atomic mass is 10.1. The Morgan fingerprint density at radius 2 is 1.90 bits per heavy atom. The van der Waals surface area contributed by atoms with Gasteiger partial charge >= 0.3 is 0 Å². The highest BCUT2D eigenvalue weighted by molar-refractivity contribution is 5.73. The van der Waals surface area contributed by atoms with E-state index < -0.39 is 0 Å². The first-order valence-corrected chi connectivity index (χ1v) is 7.14. The molecule has 0 bridgehead atoms. The third kappa shape index (κ3) is 6.18. The molecule has 1 heterocycles. The molecule has 0 aliphatic heterocycles. The van der Waals surface area contributed by atoms with Gasteiger partial charge in [-0.1, -0.05) is 45.9 Å². The summed E-state index contributed by atoms with van der Waals surface area (Å²) >= 11 is 0. The second-order valence-electron chi connectivity index (χ2n) is 3.47. The SMILES string of the molecule is CC.CC.O=CNc1ccccc1CCn1ccnc1. The average Bonchev–Trinajstić information content (AvgIpc) is 3.04. The number of para-hydroxylation sites is 1. The zero-order valence-electron chi connectivity index (χ0n) is 12.8. The van der Waals surface area contributed by atoms with Crippen LogP contribution < -0.4 is 5.32 Å². The number of amides is 1. The number of aromatic nitrogens is 2. The van der Waals surface area contributed by atoms with Gasteiger partial charge < -0.3 is 9.88 Å². The predicted molar refractivity (Wildman–Crippen MR) is 84.8 cm³/mol. The Balaban J connectivity index is 0.000000829. The predicted octanol–water partition coefficient (Wildman–Crippen LogP) is 3.75. The zero-order valence-corrected chi connectivity index (χ0v) is 12.8. The van der Waals surface area contributed by atoms with Gasteiger partial charge in [0.25, 0.3) is 0 Å². The van der Waals surface area contributed by atoms with E-state index in [1.54, 1.807) is 12.5 Å². The summed E-state index contributed by atoms with van der Waals surface area (Å²) in [6.45, 7) is 8.86. The lowest BCUT2D eigenvalue weighted by Gasteiger charge is -2.08. The van der Waals surface area contributed by atoms with E-state index >= 15 is 0 Å².